The molecule has 1 unspecified atom stereocenters. The zero-order valence-corrected chi connectivity index (χ0v) is 19.5. The zero-order valence-electron chi connectivity index (χ0n) is 18.8. The second-order valence-corrected chi connectivity index (χ2v) is 9.02. The first-order valence-electron chi connectivity index (χ1n) is 11.5. The Hall–Kier alpha value is -3.06. The van der Waals surface area contributed by atoms with E-state index in [9.17, 15) is 14.4 Å². The number of carbonyl (C=O) groups excluding carboxylic acids is 3. The second-order valence-electron chi connectivity index (χ2n) is 8.58. The number of urea groups is 1. The molecule has 174 valence electrons. The van der Waals surface area contributed by atoms with Crippen molar-refractivity contribution in [3.05, 3.63) is 59.1 Å². The predicted molar refractivity (Wildman–Crippen MR) is 129 cm³/mol. The van der Waals surface area contributed by atoms with Crippen molar-refractivity contribution in [3.8, 4) is 0 Å². The van der Waals surface area contributed by atoms with Gasteiger partial charge in [-0.3, -0.25) is 14.5 Å². The van der Waals surface area contributed by atoms with Gasteiger partial charge in [0.15, 0.2) is 0 Å². The molecule has 2 aliphatic rings. The Balaban J connectivity index is 1.41. The maximum absolute atomic E-state index is 13.2. The minimum absolute atomic E-state index is 0.353. The van der Waals surface area contributed by atoms with Crippen LogP contribution in [-0.4, -0.2) is 42.4 Å². The number of amides is 4. The van der Waals surface area contributed by atoms with Crippen molar-refractivity contribution < 1.29 is 14.4 Å². The fourth-order valence-corrected chi connectivity index (χ4v) is 4.70. The summed E-state index contributed by atoms with van der Waals surface area (Å²) in [6.07, 6.45) is 5.28. The van der Waals surface area contributed by atoms with E-state index in [0.717, 1.165) is 23.7 Å². The Morgan fingerprint density at radius 2 is 1.64 bits per heavy atom. The van der Waals surface area contributed by atoms with Crippen LogP contribution in [0.3, 0.4) is 0 Å². The highest BCUT2D eigenvalue weighted by atomic mass is 35.5. The van der Waals surface area contributed by atoms with Gasteiger partial charge in [0.05, 0.1) is 0 Å². The van der Waals surface area contributed by atoms with Crippen LogP contribution >= 0.6 is 11.6 Å². The highest BCUT2D eigenvalue weighted by Gasteiger charge is 2.51. The van der Waals surface area contributed by atoms with E-state index >= 15 is 0 Å². The van der Waals surface area contributed by atoms with Crippen molar-refractivity contribution in [1.29, 1.82) is 0 Å². The molecule has 0 saturated carbocycles. The second kappa shape index (κ2) is 9.83. The van der Waals surface area contributed by atoms with Crippen LogP contribution in [0.5, 0.6) is 0 Å². The van der Waals surface area contributed by atoms with E-state index in [1.54, 1.807) is 24.3 Å². The van der Waals surface area contributed by atoms with Crippen LogP contribution in [0.2, 0.25) is 5.02 Å². The molecular formula is C25H29ClN4O3. The quantitative estimate of drug-likeness (QED) is 0.611. The molecular weight excluding hydrogens is 440 g/mol. The van der Waals surface area contributed by atoms with Gasteiger partial charge in [0.1, 0.15) is 12.1 Å². The summed E-state index contributed by atoms with van der Waals surface area (Å²) in [6.45, 7) is 3.56. The number of rotatable bonds is 6. The van der Waals surface area contributed by atoms with Gasteiger partial charge < -0.3 is 15.5 Å². The van der Waals surface area contributed by atoms with E-state index in [4.69, 9.17) is 11.6 Å². The van der Waals surface area contributed by atoms with Crippen molar-refractivity contribution >= 4 is 40.8 Å². The van der Waals surface area contributed by atoms with E-state index < -0.39 is 23.4 Å². The lowest BCUT2D eigenvalue weighted by atomic mass is 9.87. The number of anilines is 2. The number of nitrogens with zero attached hydrogens (tertiary/aromatic N) is 2. The van der Waals surface area contributed by atoms with Crippen molar-refractivity contribution in [2.75, 3.05) is 29.9 Å². The van der Waals surface area contributed by atoms with Crippen molar-refractivity contribution in [3.63, 3.8) is 0 Å². The Morgan fingerprint density at radius 3 is 2.24 bits per heavy atom. The minimum Gasteiger partial charge on any atom is -0.372 e. The Bertz CT molecular complexity index is 1020. The number of carbonyl (C=O) groups is 3. The molecule has 7 nitrogen and oxygen atoms in total. The van der Waals surface area contributed by atoms with Gasteiger partial charge in [-0.05, 0) is 61.2 Å². The van der Waals surface area contributed by atoms with Crippen molar-refractivity contribution in [2.24, 2.45) is 0 Å². The third-order valence-corrected chi connectivity index (χ3v) is 6.72. The minimum atomic E-state index is -1.20. The number of halogens is 1. The molecule has 2 saturated heterocycles. The Labute approximate surface area is 199 Å². The van der Waals surface area contributed by atoms with Crippen molar-refractivity contribution in [1.82, 2.24) is 10.2 Å². The smallest absolute Gasteiger partial charge is 0.325 e. The third kappa shape index (κ3) is 4.83. The summed E-state index contributed by atoms with van der Waals surface area (Å²) in [5, 5.41) is 6.12. The Kier molecular flexibility index (Phi) is 6.88. The summed E-state index contributed by atoms with van der Waals surface area (Å²) in [4.78, 5) is 41.8. The SMILES string of the molecule is CCC1(c2ccc(Cl)cc2)NC(=O)N(CC(=O)Nc2ccc(N3CCCCCC3)cc2)C1=O. The van der Waals surface area contributed by atoms with E-state index in [-0.39, 0.29) is 6.54 Å². The first kappa shape index (κ1) is 23.1. The molecule has 0 aliphatic carbocycles. The maximum atomic E-state index is 13.2. The van der Waals surface area contributed by atoms with Gasteiger partial charge >= 0.3 is 6.03 Å². The average molecular weight is 469 g/mol. The van der Waals surface area contributed by atoms with E-state index in [0.29, 0.717) is 22.7 Å². The molecule has 2 fully saturated rings. The molecule has 4 rings (SSSR count). The highest BCUT2D eigenvalue weighted by Crippen LogP contribution is 2.33. The summed E-state index contributed by atoms with van der Waals surface area (Å²) in [5.74, 6) is -0.868. The molecule has 2 aliphatic heterocycles. The lowest BCUT2D eigenvalue weighted by Crippen LogP contribution is -2.44. The molecule has 0 aromatic heterocycles. The van der Waals surface area contributed by atoms with Crippen LogP contribution in [0.4, 0.5) is 16.2 Å². The van der Waals surface area contributed by atoms with Gasteiger partial charge in [-0.15, -0.1) is 0 Å². The van der Waals surface area contributed by atoms with Gasteiger partial charge in [0.2, 0.25) is 5.91 Å². The lowest BCUT2D eigenvalue weighted by molar-refractivity contribution is -0.134. The molecule has 2 aromatic carbocycles. The molecule has 2 aromatic rings. The molecule has 4 amide bonds. The van der Waals surface area contributed by atoms with Crippen LogP contribution in [0, 0.1) is 0 Å². The number of nitrogens with one attached hydrogen (secondary N) is 2. The summed E-state index contributed by atoms with van der Waals surface area (Å²) in [7, 11) is 0. The monoisotopic (exact) mass is 468 g/mol. The van der Waals surface area contributed by atoms with E-state index in [2.05, 4.69) is 15.5 Å². The summed E-state index contributed by atoms with van der Waals surface area (Å²) in [6, 6.07) is 13.9. The van der Waals surface area contributed by atoms with Crippen LogP contribution in [0.1, 0.15) is 44.6 Å². The standard InChI is InChI=1S/C25H29ClN4O3/c1-2-25(18-7-9-19(26)10-8-18)23(32)30(24(33)28-25)17-22(31)27-20-11-13-21(14-12-20)29-15-5-3-4-6-16-29/h7-14H,2-6,15-17H2,1H3,(H,27,31)(H,28,33). The van der Waals surface area contributed by atoms with Gasteiger partial charge in [0.25, 0.3) is 5.91 Å². The van der Waals surface area contributed by atoms with Crippen LogP contribution in [0.15, 0.2) is 48.5 Å². The first-order chi connectivity index (χ1) is 15.9. The zero-order chi connectivity index (χ0) is 23.4. The maximum Gasteiger partial charge on any atom is 0.325 e. The van der Waals surface area contributed by atoms with Gasteiger partial charge in [0, 0.05) is 29.5 Å². The normalized spacial score (nSPS) is 21.0. The van der Waals surface area contributed by atoms with Crippen molar-refractivity contribution in [2.45, 2.75) is 44.6 Å². The molecule has 0 radical (unpaired) electrons. The number of imide groups is 1. The molecule has 8 heteroatoms. The van der Waals surface area contributed by atoms with Crippen LogP contribution in [-0.2, 0) is 15.1 Å². The molecule has 2 heterocycles. The summed E-state index contributed by atoms with van der Waals surface area (Å²) in [5.41, 5.74) is 1.21. The largest absolute Gasteiger partial charge is 0.372 e. The van der Waals surface area contributed by atoms with Gasteiger partial charge in [-0.25, -0.2) is 4.79 Å². The molecule has 2 N–H and O–H groups in total. The van der Waals surface area contributed by atoms with Gasteiger partial charge in [-0.2, -0.15) is 0 Å². The number of hydrogen-bond acceptors (Lipinski definition) is 4. The van der Waals surface area contributed by atoms with Gasteiger partial charge in [-0.1, -0.05) is 43.5 Å². The Morgan fingerprint density at radius 1 is 1.00 bits per heavy atom. The fraction of sp³-hybridized carbons (Fsp3) is 0.400. The number of benzene rings is 2. The number of hydrogen-bond donors (Lipinski definition) is 2. The first-order valence-corrected chi connectivity index (χ1v) is 11.9. The van der Waals surface area contributed by atoms with E-state index in [1.165, 1.54) is 25.7 Å². The molecule has 33 heavy (non-hydrogen) atoms. The topological polar surface area (TPSA) is 81.8 Å². The highest BCUT2D eigenvalue weighted by molar-refractivity contribution is 6.30. The third-order valence-electron chi connectivity index (χ3n) is 6.47. The van der Waals surface area contributed by atoms with Crippen LogP contribution in [0.25, 0.3) is 0 Å². The predicted octanol–water partition coefficient (Wildman–Crippen LogP) is 4.52. The summed E-state index contributed by atoms with van der Waals surface area (Å²) >= 11 is 5.97. The summed E-state index contributed by atoms with van der Waals surface area (Å²) < 4.78 is 0. The average Bonchev–Trinajstić information content (AvgIpc) is 2.99. The molecule has 0 bridgehead atoms. The lowest BCUT2D eigenvalue weighted by Gasteiger charge is -2.25. The van der Waals surface area contributed by atoms with E-state index in [1.807, 2.05) is 31.2 Å². The fourth-order valence-electron chi connectivity index (χ4n) is 4.57. The molecule has 0 spiro atoms. The molecule has 1 atom stereocenters. The van der Waals surface area contributed by atoms with Crippen LogP contribution < -0.4 is 15.5 Å².